The SMILES string of the molecule is C[C@H](NC(=O)[C@H](Cc1ccccc1)NC(=O)c1ccc(Br)cc1)C(=O)N[C@@H](Cc1ccc(O)cc1)C(=O)N[C@@H](CCCC[N+](C)(C)C)C(=O)N[C@@H](CO)C(=O)N[C@@H](CCC(=O)O)C(N)=O. The molecule has 0 aromatic heterocycles. The zero-order valence-electron chi connectivity index (χ0n) is 36.8. The lowest BCUT2D eigenvalue weighted by Gasteiger charge is -2.27. The molecule has 0 aliphatic rings. The number of hydrogen-bond acceptors (Lipinski definition) is 10. The Bertz CT molecular complexity index is 2100. The van der Waals surface area contributed by atoms with Gasteiger partial charge in [-0.25, -0.2) is 0 Å². The largest absolute Gasteiger partial charge is 0.508 e. The number of benzene rings is 3. The number of halogens is 1. The molecular weight excluding hydrogens is 908 g/mol. The number of carboxylic acids is 1. The van der Waals surface area contributed by atoms with Crippen molar-refractivity contribution < 1.29 is 58.2 Å². The number of amides is 7. The number of rotatable bonds is 26. The Morgan fingerprint density at radius 1 is 0.615 bits per heavy atom. The summed E-state index contributed by atoms with van der Waals surface area (Å²) in [6.45, 7) is 1.17. The van der Waals surface area contributed by atoms with Crippen molar-refractivity contribution in [3.8, 4) is 5.75 Å². The lowest BCUT2D eigenvalue weighted by atomic mass is 10.0. The number of phenols is 1. The molecule has 20 heteroatoms. The first-order valence-electron chi connectivity index (χ1n) is 21.0. The lowest BCUT2D eigenvalue weighted by molar-refractivity contribution is -0.870. The summed E-state index contributed by atoms with van der Waals surface area (Å²) in [7, 11) is 5.95. The molecule has 3 aromatic rings. The standard InChI is InChI=1S/C45H59BrN8O11/c1-27(48-43(63)35(24-28-10-6-5-7-11-28)52-41(61)30-15-17-31(46)18-16-30)40(60)51-36(25-29-13-19-32(56)20-14-29)44(64)50-34(12-8-9-23-54(2,3)4)42(62)53-37(26-55)45(65)49-33(39(47)59)21-22-38(57)58/h5-7,10-11,13-20,27,33-37,55H,8-9,12,21-26H2,1-4H3,(H9-,47,48,49,50,51,52,53,56,57,58,59,60,61,62,63,64,65)/p+1/t27-,33-,34-,35-,36-,37-/m0/s1. The number of unbranched alkanes of at least 4 members (excludes halogenated alkanes) is 1. The molecule has 65 heavy (non-hydrogen) atoms. The normalized spacial score (nSPS) is 13.9. The van der Waals surface area contributed by atoms with E-state index in [-0.39, 0.29) is 31.4 Å². The zero-order valence-corrected chi connectivity index (χ0v) is 38.4. The van der Waals surface area contributed by atoms with E-state index in [9.17, 15) is 48.6 Å². The molecule has 0 saturated heterocycles. The average molecular weight is 969 g/mol. The zero-order chi connectivity index (χ0) is 48.3. The van der Waals surface area contributed by atoms with E-state index in [1.54, 1.807) is 54.6 Å². The summed E-state index contributed by atoms with van der Waals surface area (Å²) in [4.78, 5) is 105. The third-order valence-corrected chi connectivity index (χ3v) is 10.6. The van der Waals surface area contributed by atoms with Gasteiger partial charge in [-0.3, -0.25) is 38.4 Å². The molecular formula is C45H60BrN8O11+. The van der Waals surface area contributed by atoms with Gasteiger partial charge >= 0.3 is 5.97 Å². The molecule has 3 aromatic carbocycles. The number of phenolic OH excluding ortho intramolecular Hbond substituents is 1. The Hall–Kier alpha value is -6.38. The Labute approximate surface area is 386 Å². The van der Waals surface area contributed by atoms with Crippen LogP contribution in [0.5, 0.6) is 5.75 Å². The molecule has 0 radical (unpaired) electrons. The van der Waals surface area contributed by atoms with Gasteiger partial charge < -0.3 is 57.4 Å². The van der Waals surface area contributed by atoms with Crippen LogP contribution < -0.4 is 37.6 Å². The summed E-state index contributed by atoms with van der Waals surface area (Å²) < 4.78 is 1.36. The van der Waals surface area contributed by atoms with E-state index in [2.05, 4.69) is 47.8 Å². The molecule has 19 nitrogen and oxygen atoms in total. The quantitative estimate of drug-likeness (QED) is 0.0388. The van der Waals surface area contributed by atoms with Gasteiger partial charge in [-0.1, -0.05) is 58.4 Å². The van der Waals surface area contributed by atoms with Crippen LogP contribution in [-0.2, 0) is 46.4 Å². The van der Waals surface area contributed by atoms with Gasteiger partial charge in [0.1, 0.15) is 42.0 Å². The predicted molar refractivity (Wildman–Crippen MR) is 243 cm³/mol. The van der Waals surface area contributed by atoms with E-state index in [1.165, 1.54) is 31.2 Å². The summed E-state index contributed by atoms with van der Waals surface area (Å²) in [6, 6.07) is 13.2. The monoisotopic (exact) mass is 967 g/mol. The van der Waals surface area contributed by atoms with Crippen LogP contribution in [0, 0.1) is 0 Å². The summed E-state index contributed by atoms with van der Waals surface area (Å²) in [5.41, 5.74) is 6.88. The Morgan fingerprint density at radius 2 is 1.12 bits per heavy atom. The number of aliphatic carboxylic acids is 1. The van der Waals surface area contributed by atoms with Crippen LogP contribution in [0.1, 0.15) is 60.5 Å². The maximum absolute atomic E-state index is 14.2. The van der Waals surface area contributed by atoms with Crippen molar-refractivity contribution in [3.63, 3.8) is 0 Å². The van der Waals surface area contributed by atoms with E-state index in [0.717, 1.165) is 10.0 Å². The minimum atomic E-state index is -1.64. The third-order valence-electron chi connectivity index (χ3n) is 10.1. The highest BCUT2D eigenvalue weighted by molar-refractivity contribution is 9.10. The van der Waals surface area contributed by atoms with Crippen LogP contribution in [0.2, 0.25) is 0 Å². The van der Waals surface area contributed by atoms with Crippen molar-refractivity contribution in [3.05, 3.63) is 100 Å². The first kappa shape index (κ1) is 53.0. The number of carboxylic acid groups (broad SMARTS) is 1. The van der Waals surface area contributed by atoms with Crippen LogP contribution in [0.4, 0.5) is 0 Å². The fourth-order valence-corrected chi connectivity index (χ4v) is 6.69. The highest BCUT2D eigenvalue weighted by Gasteiger charge is 2.33. The van der Waals surface area contributed by atoms with Crippen LogP contribution >= 0.6 is 15.9 Å². The molecule has 0 aliphatic heterocycles. The number of aliphatic hydroxyl groups is 1. The minimum absolute atomic E-state index is 0.0514. The molecule has 6 atom stereocenters. The highest BCUT2D eigenvalue weighted by Crippen LogP contribution is 2.14. The summed E-state index contributed by atoms with van der Waals surface area (Å²) in [5, 5.41) is 44.4. The van der Waals surface area contributed by atoms with E-state index in [0.29, 0.717) is 35.0 Å². The van der Waals surface area contributed by atoms with Crippen LogP contribution in [0.3, 0.4) is 0 Å². The van der Waals surface area contributed by atoms with Gasteiger partial charge in [0.25, 0.3) is 5.91 Å². The van der Waals surface area contributed by atoms with Crippen LogP contribution in [0.25, 0.3) is 0 Å². The van der Waals surface area contributed by atoms with Crippen molar-refractivity contribution in [1.82, 2.24) is 31.9 Å². The van der Waals surface area contributed by atoms with Crippen molar-refractivity contribution >= 4 is 63.2 Å². The maximum atomic E-state index is 14.2. The number of carbonyl (C=O) groups excluding carboxylic acids is 7. The number of primary amides is 1. The van der Waals surface area contributed by atoms with Crippen molar-refractivity contribution in [2.24, 2.45) is 5.73 Å². The number of nitrogens with two attached hydrogens (primary N) is 1. The molecule has 0 heterocycles. The first-order valence-corrected chi connectivity index (χ1v) is 21.8. The molecule has 0 spiro atoms. The van der Waals surface area contributed by atoms with Crippen LogP contribution in [0.15, 0.2) is 83.3 Å². The molecule has 11 N–H and O–H groups in total. The van der Waals surface area contributed by atoms with Gasteiger partial charge in [-0.15, -0.1) is 0 Å². The van der Waals surface area contributed by atoms with Crippen molar-refractivity contribution in [1.29, 1.82) is 0 Å². The highest BCUT2D eigenvalue weighted by atomic mass is 79.9. The fourth-order valence-electron chi connectivity index (χ4n) is 6.42. The van der Waals surface area contributed by atoms with Gasteiger partial charge in [-0.05, 0) is 80.1 Å². The summed E-state index contributed by atoms with van der Waals surface area (Å²) in [5.74, 6) is -7.06. The number of nitrogens with one attached hydrogen (secondary N) is 6. The summed E-state index contributed by atoms with van der Waals surface area (Å²) in [6.07, 6.45) is 0.199. The number of aromatic hydroxyl groups is 1. The molecule has 0 saturated carbocycles. The minimum Gasteiger partial charge on any atom is -0.508 e. The number of aliphatic hydroxyl groups excluding tert-OH is 1. The molecule has 3 rings (SSSR count). The average Bonchev–Trinajstić information content (AvgIpc) is 3.25. The number of carbonyl (C=O) groups is 8. The maximum Gasteiger partial charge on any atom is 0.303 e. The lowest BCUT2D eigenvalue weighted by Crippen LogP contribution is -2.60. The van der Waals surface area contributed by atoms with Gasteiger partial charge in [0.15, 0.2) is 0 Å². The summed E-state index contributed by atoms with van der Waals surface area (Å²) >= 11 is 3.34. The Kier molecular flexibility index (Phi) is 21.0. The predicted octanol–water partition coefficient (Wildman–Crippen LogP) is 0.401. The topological polar surface area (TPSA) is 295 Å². The molecule has 0 fully saturated rings. The second-order valence-corrected chi connectivity index (χ2v) is 17.5. The Balaban J connectivity index is 1.85. The number of nitrogens with zero attached hydrogens (tertiary/aromatic N) is 1. The fraction of sp³-hybridized carbons (Fsp3) is 0.422. The Morgan fingerprint density at radius 3 is 1.69 bits per heavy atom. The van der Waals surface area contributed by atoms with Gasteiger partial charge in [-0.2, -0.15) is 0 Å². The van der Waals surface area contributed by atoms with E-state index in [1.807, 2.05) is 21.1 Å². The molecule has 0 bridgehead atoms. The van der Waals surface area contributed by atoms with Gasteiger partial charge in [0, 0.05) is 29.3 Å². The van der Waals surface area contributed by atoms with Crippen LogP contribution in [-0.4, -0.2) is 138 Å². The second-order valence-electron chi connectivity index (χ2n) is 16.6. The number of hydrogen-bond donors (Lipinski definition) is 10. The van der Waals surface area contributed by atoms with E-state index >= 15 is 0 Å². The third kappa shape index (κ3) is 19.1. The second kappa shape index (κ2) is 25.8. The molecule has 352 valence electrons. The van der Waals surface area contributed by atoms with E-state index in [4.69, 9.17) is 10.8 Å². The van der Waals surface area contributed by atoms with E-state index < -0.39 is 96.6 Å². The molecule has 7 amide bonds. The van der Waals surface area contributed by atoms with Gasteiger partial charge in [0.2, 0.25) is 35.4 Å². The van der Waals surface area contributed by atoms with Crippen molar-refractivity contribution in [2.45, 2.75) is 88.1 Å². The number of quaternary nitrogens is 1. The first-order chi connectivity index (χ1) is 30.6. The van der Waals surface area contributed by atoms with Gasteiger partial charge in [0.05, 0.1) is 34.3 Å². The molecule has 0 aliphatic carbocycles. The van der Waals surface area contributed by atoms with Crippen molar-refractivity contribution in [2.75, 3.05) is 34.3 Å². The smallest absolute Gasteiger partial charge is 0.303 e. The molecule has 0 unspecified atom stereocenters.